The summed E-state index contributed by atoms with van der Waals surface area (Å²) in [5.41, 5.74) is 2.79. The normalized spacial score (nSPS) is 14.7. The van der Waals surface area contributed by atoms with E-state index in [1.807, 2.05) is 56.3 Å². The molecule has 0 amide bonds. The maximum atomic E-state index is 12.9. The number of esters is 1. The van der Waals surface area contributed by atoms with E-state index in [4.69, 9.17) is 30.9 Å². The molecule has 1 aromatic heterocycles. The SMILES string of the molecule is CCCCSc1nc2n(n1)C(c1ccc(OCc3ccccc3Cl)c(OCC)c1)C(C(=O)OC)=C(C)N2. The second-order valence-corrected chi connectivity index (χ2v) is 9.91. The van der Waals surface area contributed by atoms with Crippen molar-refractivity contribution in [1.82, 2.24) is 14.8 Å². The lowest BCUT2D eigenvalue weighted by atomic mass is 9.95. The summed E-state index contributed by atoms with van der Waals surface area (Å²) in [6.45, 7) is 6.64. The molecule has 2 heterocycles. The number of allylic oxidation sites excluding steroid dienone is 1. The molecule has 3 aromatic rings. The molecule has 0 bridgehead atoms. The van der Waals surface area contributed by atoms with E-state index < -0.39 is 12.0 Å². The number of benzene rings is 2. The van der Waals surface area contributed by atoms with Gasteiger partial charge in [0.2, 0.25) is 11.1 Å². The number of thioether (sulfide) groups is 1. The molecule has 2 aromatic carbocycles. The van der Waals surface area contributed by atoms with E-state index in [1.165, 1.54) is 7.11 Å². The van der Waals surface area contributed by atoms with Crippen molar-refractivity contribution >= 4 is 35.3 Å². The number of unbranched alkanes of at least 4 members (excludes halogenated alkanes) is 1. The van der Waals surface area contributed by atoms with Gasteiger partial charge in [0.15, 0.2) is 11.5 Å². The van der Waals surface area contributed by atoms with Crippen molar-refractivity contribution < 1.29 is 19.0 Å². The largest absolute Gasteiger partial charge is 0.490 e. The van der Waals surface area contributed by atoms with E-state index in [2.05, 4.69) is 17.2 Å². The van der Waals surface area contributed by atoms with Gasteiger partial charge in [0, 0.05) is 22.0 Å². The average Bonchev–Trinajstić information content (AvgIpc) is 3.30. The summed E-state index contributed by atoms with van der Waals surface area (Å²) in [4.78, 5) is 17.6. The number of carbonyl (C=O) groups is 1. The van der Waals surface area contributed by atoms with E-state index in [9.17, 15) is 4.79 Å². The highest BCUT2D eigenvalue weighted by molar-refractivity contribution is 7.99. The van der Waals surface area contributed by atoms with Crippen LogP contribution in [0.3, 0.4) is 0 Å². The quantitative estimate of drug-likeness (QED) is 0.172. The van der Waals surface area contributed by atoms with Crippen LogP contribution in [0.2, 0.25) is 5.02 Å². The van der Waals surface area contributed by atoms with Crippen molar-refractivity contribution in [2.45, 2.75) is 51.4 Å². The molecule has 196 valence electrons. The molecule has 1 aliphatic rings. The zero-order chi connectivity index (χ0) is 26.4. The van der Waals surface area contributed by atoms with Crippen molar-refractivity contribution in [3.8, 4) is 11.5 Å². The molecule has 37 heavy (non-hydrogen) atoms. The van der Waals surface area contributed by atoms with Crippen LogP contribution in [-0.2, 0) is 16.1 Å². The number of fused-ring (bicyclic) bond motifs is 1. The summed E-state index contributed by atoms with van der Waals surface area (Å²) in [6, 6.07) is 12.6. The predicted octanol–water partition coefficient (Wildman–Crippen LogP) is 6.26. The minimum absolute atomic E-state index is 0.296. The molecule has 4 rings (SSSR count). The molecular weight excluding hydrogens is 512 g/mol. The van der Waals surface area contributed by atoms with Crippen molar-refractivity contribution in [3.63, 3.8) is 0 Å². The average molecular weight is 543 g/mol. The summed E-state index contributed by atoms with van der Waals surface area (Å²) in [6.07, 6.45) is 2.17. The number of rotatable bonds is 11. The molecule has 1 aliphatic heterocycles. The van der Waals surface area contributed by atoms with Gasteiger partial charge >= 0.3 is 5.97 Å². The molecular formula is C27H31ClN4O4S. The molecule has 10 heteroatoms. The lowest BCUT2D eigenvalue weighted by Crippen LogP contribution is -2.29. The minimum Gasteiger partial charge on any atom is -0.490 e. The number of hydrogen-bond acceptors (Lipinski definition) is 8. The molecule has 0 saturated heterocycles. The van der Waals surface area contributed by atoms with Gasteiger partial charge in [-0.15, -0.1) is 5.10 Å². The van der Waals surface area contributed by atoms with Gasteiger partial charge in [0.05, 0.1) is 19.3 Å². The number of halogens is 1. The highest BCUT2D eigenvalue weighted by Crippen LogP contribution is 2.40. The van der Waals surface area contributed by atoms with Gasteiger partial charge in [0.25, 0.3) is 0 Å². The molecule has 0 saturated carbocycles. The number of carbonyl (C=O) groups excluding carboxylic acids is 1. The highest BCUT2D eigenvalue weighted by atomic mass is 35.5. The number of hydrogen-bond donors (Lipinski definition) is 1. The van der Waals surface area contributed by atoms with Crippen LogP contribution in [0.15, 0.2) is 58.9 Å². The molecule has 0 spiro atoms. The molecule has 8 nitrogen and oxygen atoms in total. The number of ether oxygens (including phenoxy) is 3. The Kier molecular flexibility index (Phi) is 9.00. The zero-order valence-electron chi connectivity index (χ0n) is 21.4. The maximum absolute atomic E-state index is 12.9. The predicted molar refractivity (Wildman–Crippen MR) is 146 cm³/mol. The lowest BCUT2D eigenvalue weighted by molar-refractivity contribution is -0.136. The first-order valence-corrected chi connectivity index (χ1v) is 13.6. The van der Waals surface area contributed by atoms with Gasteiger partial charge in [0.1, 0.15) is 12.6 Å². The molecule has 0 radical (unpaired) electrons. The van der Waals surface area contributed by atoms with E-state index in [0.29, 0.717) is 52.1 Å². The van der Waals surface area contributed by atoms with Crippen LogP contribution in [0.4, 0.5) is 5.95 Å². The third-order valence-corrected chi connectivity index (χ3v) is 7.18. The summed E-state index contributed by atoms with van der Waals surface area (Å²) in [7, 11) is 1.37. The van der Waals surface area contributed by atoms with Gasteiger partial charge in [-0.2, -0.15) is 4.98 Å². The van der Waals surface area contributed by atoms with Crippen LogP contribution in [0.1, 0.15) is 50.8 Å². The first-order chi connectivity index (χ1) is 18.0. The van der Waals surface area contributed by atoms with E-state index in [0.717, 1.165) is 29.7 Å². The topological polar surface area (TPSA) is 87.5 Å². The molecule has 1 atom stereocenters. The molecule has 0 fully saturated rings. The van der Waals surface area contributed by atoms with Gasteiger partial charge in [-0.1, -0.05) is 61.0 Å². The third kappa shape index (κ3) is 6.05. The number of methoxy groups -OCH3 is 1. The van der Waals surface area contributed by atoms with Gasteiger partial charge < -0.3 is 19.5 Å². The summed E-state index contributed by atoms with van der Waals surface area (Å²) < 4.78 is 18.9. The van der Waals surface area contributed by atoms with Crippen LogP contribution in [0.25, 0.3) is 0 Å². The maximum Gasteiger partial charge on any atom is 0.338 e. The zero-order valence-corrected chi connectivity index (χ0v) is 23.0. The second kappa shape index (κ2) is 12.4. The van der Waals surface area contributed by atoms with Crippen LogP contribution in [0.5, 0.6) is 11.5 Å². The van der Waals surface area contributed by atoms with Gasteiger partial charge in [-0.05, 0) is 44.0 Å². The Hall–Kier alpha value is -3.17. The minimum atomic E-state index is -0.548. The van der Waals surface area contributed by atoms with Crippen LogP contribution >= 0.6 is 23.4 Å². The van der Waals surface area contributed by atoms with E-state index >= 15 is 0 Å². The van der Waals surface area contributed by atoms with Crippen LogP contribution in [-0.4, -0.2) is 40.2 Å². The standard InChI is InChI=1S/C27H31ClN4O4S/c1-5-7-14-37-27-30-26-29-17(3)23(25(33)34-4)24(32(26)31-27)18-12-13-21(22(15-18)35-6-2)36-16-19-10-8-9-11-20(19)28/h8-13,15,24H,5-7,14,16H2,1-4H3,(H,29,30,31). The fourth-order valence-electron chi connectivity index (χ4n) is 4.04. The number of nitrogens with one attached hydrogen (secondary N) is 1. The van der Waals surface area contributed by atoms with Crippen molar-refractivity contribution in [3.05, 3.63) is 69.9 Å². The number of nitrogens with zero attached hydrogens (tertiary/aromatic N) is 3. The van der Waals surface area contributed by atoms with Crippen molar-refractivity contribution in [2.24, 2.45) is 0 Å². The molecule has 1 N–H and O–H groups in total. The fourth-order valence-corrected chi connectivity index (χ4v) is 5.14. The van der Waals surface area contributed by atoms with Crippen LogP contribution in [0, 0.1) is 0 Å². The molecule has 0 aliphatic carbocycles. The first kappa shape index (κ1) is 26.9. The van der Waals surface area contributed by atoms with E-state index in [-0.39, 0.29) is 0 Å². The smallest absolute Gasteiger partial charge is 0.338 e. The van der Waals surface area contributed by atoms with E-state index in [1.54, 1.807) is 16.4 Å². The van der Waals surface area contributed by atoms with Crippen molar-refractivity contribution in [2.75, 3.05) is 24.8 Å². The summed E-state index contributed by atoms with van der Waals surface area (Å²) in [5.74, 6) is 2.20. The Morgan fingerprint density at radius 2 is 1.97 bits per heavy atom. The van der Waals surface area contributed by atoms with Gasteiger partial charge in [-0.3, -0.25) is 0 Å². The molecule has 1 unspecified atom stereocenters. The second-order valence-electron chi connectivity index (χ2n) is 8.44. The monoisotopic (exact) mass is 542 g/mol. The number of anilines is 1. The fraction of sp³-hybridized carbons (Fsp3) is 0.370. The Morgan fingerprint density at radius 1 is 1.16 bits per heavy atom. The Balaban J connectivity index is 1.71. The lowest BCUT2D eigenvalue weighted by Gasteiger charge is -2.28. The summed E-state index contributed by atoms with van der Waals surface area (Å²) >= 11 is 7.90. The third-order valence-electron chi connectivity index (χ3n) is 5.89. The van der Waals surface area contributed by atoms with Crippen molar-refractivity contribution in [1.29, 1.82) is 0 Å². The Morgan fingerprint density at radius 3 is 2.70 bits per heavy atom. The van der Waals surface area contributed by atoms with Gasteiger partial charge in [-0.25, -0.2) is 9.48 Å². The Labute approximate surface area is 226 Å². The first-order valence-electron chi connectivity index (χ1n) is 12.2. The highest BCUT2D eigenvalue weighted by Gasteiger charge is 2.35. The number of aromatic nitrogens is 3. The van der Waals surface area contributed by atoms with Crippen LogP contribution < -0.4 is 14.8 Å². The Bertz CT molecular complexity index is 1290. The summed E-state index contributed by atoms with van der Waals surface area (Å²) in [5, 5.41) is 9.26.